The van der Waals surface area contributed by atoms with Gasteiger partial charge in [0.1, 0.15) is 57.5 Å². The van der Waals surface area contributed by atoms with Crippen molar-refractivity contribution in [3.8, 4) is 57.5 Å². The van der Waals surface area contributed by atoms with Crippen LogP contribution in [0.1, 0.15) is 38.8 Å². The molecule has 0 atom stereocenters. The fourth-order valence-electron chi connectivity index (χ4n) is 6.47. The minimum atomic E-state index is -0.890. The van der Waals surface area contributed by atoms with Crippen molar-refractivity contribution in [2.75, 3.05) is 22.9 Å². The molecule has 0 aliphatic rings. The summed E-state index contributed by atoms with van der Waals surface area (Å²) < 4.78 is 35.5. The van der Waals surface area contributed by atoms with Gasteiger partial charge in [-0.2, -0.15) is 0 Å². The van der Waals surface area contributed by atoms with Gasteiger partial charge in [0, 0.05) is 42.0 Å². The van der Waals surface area contributed by atoms with Gasteiger partial charge in [-0.25, -0.2) is 0 Å². The average Bonchev–Trinajstić information content (AvgIpc) is 3.29. The van der Waals surface area contributed by atoms with Crippen molar-refractivity contribution < 1.29 is 28.4 Å². The smallest absolute Gasteiger partial charge is 0.245 e. The van der Waals surface area contributed by atoms with Crippen molar-refractivity contribution in [1.29, 1.82) is 0 Å². The minimum Gasteiger partial charge on any atom is -0.457 e. The molecule has 0 saturated heterocycles. The third-order valence-electron chi connectivity index (χ3n) is 9.99. The molecule has 0 spiro atoms. The van der Waals surface area contributed by atoms with Gasteiger partial charge in [-0.05, 0) is 181 Å². The summed E-state index contributed by atoms with van der Waals surface area (Å²) in [5.74, 6) is 6.35. The SMILES string of the molecule is CC(C)(Oc1ccc(Oc2ccc(N)cc2)cc1)Oc1ccc(Oc2ccc(N)cc2)cc1.CC(C)(c1ccc(Oc2ccc(N)cc2)cc1)c1ccc(Oc2ccc(N)cc2)cc1. The van der Waals surface area contributed by atoms with E-state index < -0.39 is 5.79 Å². The van der Waals surface area contributed by atoms with Crippen LogP contribution in [0.5, 0.6) is 57.5 Å². The Hall–Kier alpha value is -8.24. The molecule has 0 fully saturated rings. The third kappa shape index (κ3) is 12.4. The molecule has 8 aromatic carbocycles. The average molecular weight is 853 g/mol. The van der Waals surface area contributed by atoms with Crippen LogP contribution in [0.15, 0.2) is 194 Å². The maximum Gasteiger partial charge on any atom is 0.245 e. The molecule has 324 valence electrons. The number of hydrogen-bond donors (Lipinski definition) is 4. The molecular weight excluding hydrogens is 801 g/mol. The number of nitrogens with two attached hydrogens (primary N) is 4. The summed E-state index contributed by atoms with van der Waals surface area (Å²) in [6.07, 6.45) is 0. The maximum absolute atomic E-state index is 6.03. The quantitative estimate of drug-likeness (QED) is 0.0612. The first-order chi connectivity index (χ1) is 30.7. The highest BCUT2D eigenvalue weighted by atomic mass is 16.7. The second-order valence-electron chi connectivity index (χ2n) is 15.9. The van der Waals surface area contributed by atoms with E-state index in [1.807, 2.05) is 159 Å². The van der Waals surface area contributed by atoms with Crippen LogP contribution in [-0.4, -0.2) is 5.79 Å². The fraction of sp³-hybridized carbons (Fsp3) is 0.111. The fourth-order valence-corrected chi connectivity index (χ4v) is 6.47. The van der Waals surface area contributed by atoms with Gasteiger partial charge in [0.15, 0.2) is 0 Å². The zero-order chi connectivity index (χ0) is 45.1. The highest BCUT2D eigenvalue weighted by Crippen LogP contribution is 2.35. The topological polar surface area (TPSA) is 159 Å². The molecule has 10 heteroatoms. The van der Waals surface area contributed by atoms with Crippen LogP contribution in [0.25, 0.3) is 0 Å². The molecule has 0 bridgehead atoms. The van der Waals surface area contributed by atoms with Crippen molar-refractivity contribution in [2.24, 2.45) is 0 Å². The second kappa shape index (κ2) is 19.6. The standard InChI is InChI=1S/C27H26N2O4.C27H26N2O2/c1-27(2,32-25-15-11-23(12-16-25)30-21-7-3-19(28)4-8-21)33-26-17-13-24(14-18-26)31-22-9-5-20(29)6-10-22;1-27(2,19-3-11-23(12-4-19)30-25-15-7-21(28)8-16-25)20-5-13-24(14-6-20)31-26-17-9-22(29)10-18-26/h3-18H,28-29H2,1-2H3;3-18H,28-29H2,1-2H3. The molecule has 0 saturated carbocycles. The zero-order valence-electron chi connectivity index (χ0n) is 36.2. The molecule has 0 heterocycles. The first-order valence-corrected chi connectivity index (χ1v) is 20.7. The lowest BCUT2D eigenvalue weighted by Gasteiger charge is -2.27. The van der Waals surface area contributed by atoms with E-state index in [1.165, 1.54) is 11.1 Å². The van der Waals surface area contributed by atoms with Crippen molar-refractivity contribution in [1.82, 2.24) is 0 Å². The number of ether oxygens (including phenoxy) is 6. The van der Waals surface area contributed by atoms with Gasteiger partial charge in [0.05, 0.1) is 0 Å². The summed E-state index contributed by atoms with van der Waals surface area (Å²) in [5, 5.41) is 0. The number of rotatable bonds is 14. The first kappa shape index (κ1) is 43.8. The van der Waals surface area contributed by atoms with Gasteiger partial charge >= 0.3 is 0 Å². The van der Waals surface area contributed by atoms with Crippen LogP contribution in [0.3, 0.4) is 0 Å². The molecule has 0 aliphatic carbocycles. The largest absolute Gasteiger partial charge is 0.457 e. The number of anilines is 4. The molecule has 10 nitrogen and oxygen atoms in total. The van der Waals surface area contributed by atoms with E-state index in [2.05, 4.69) is 38.1 Å². The summed E-state index contributed by atoms with van der Waals surface area (Å²) in [5.41, 5.74) is 27.9. The Morgan fingerprint density at radius 3 is 0.641 bits per heavy atom. The normalized spacial score (nSPS) is 11.1. The highest BCUT2D eigenvalue weighted by Gasteiger charge is 2.24. The molecule has 0 radical (unpaired) electrons. The molecule has 0 aromatic heterocycles. The van der Waals surface area contributed by atoms with E-state index in [1.54, 1.807) is 24.3 Å². The third-order valence-corrected chi connectivity index (χ3v) is 9.99. The molecule has 0 aliphatic heterocycles. The minimum absolute atomic E-state index is 0.167. The van der Waals surface area contributed by atoms with Crippen molar-refractivity contribution in [3.63, 3.8) is 0 Å². The molecule has 0 amide bonds. The molecular formula is C54H52N4O6. The Bertz CT molecular complexity index is 2500. The van der Waals surface area contributed by atoms with Gasteiger partial charge in [-0.15, -0.1) is 0 Å². The Morgan fingerprint density at radius 2 is 0.422 bits per heavy atom. The predicted octanol–water partition coefficient (Wildman–Crippen LogP) is 13.4. The van der Waals surface area contributed by atoms with Crippen molar-refractivity contribution in [3.05, 3.63) is 205 Å². The number of nitrogen functional groups attached to an aromatic ring is 4. The summed E-state index contributed by atoms with van der Waals surface area (Å²) in [4.78, 5) is 0. The molecule has 8 aromatic rings. The molecule has 64 heavy (non-hydrogen) atoms. The highest BCUT2D eigenvalue weighted by molar-refractivity contribution is 5.48. The molecule has 0 unspecified atom stereocenters. The van der Waals surface area contributed by atoms with Crippen LogP contribution in [0.4, 0.5) is 22.7 Å². The second-order valence-corrected chi connectivity index (χ2v) is 15.9. The lowest BCUT2D eigenvalue weighted by molar-refractivity contribution is -0.0810. The monoisotopic (exact) mass is 852 g/mol. The predicted molar refractivity (Wildman–Crippen MR) is 257 cm³/mol. The van der Waals surface area contributed by atoms with Crippen LogP contribution < -0.4 is 51.4 Å². The Balaban J connectivity index is 0.000000192. The van der Waals surface area contributed by atoms with E-state index >= 15 is 0 Å². The van der Waals surface area contributed by atoms with Gasteiger partial charge in [0.25, 0.3) is 0 Å². The lowest BCUT2D eigenvalue weighted by Crippen LogP contribution is -2.35. The van der Waals surface area contributed by atoms with Gasteiger partial charge in [-0.1, -0.05) is 38.1 Å². The molecule has 8 N–H and O–H groups in total. The van der Waals surface area contributed by atoms with E-state index in [9.17, 15) is 0 Å². The number of benzene rings is 8. The zero-order valence-corrected chi connectivity index (χ0v) is 36.2. The summed E-state index contributed by atoms with van der Waals surface area (Å²) in [6, 6.07) is 60.3. The Labute approximate surface area is 374 Å². The van der Waals surface area contributed by atoms with Crippen LogP contribution >= 0.6 is 0 Å². The Morgan fingerprint density at radius 1 is 0.250 bits per heavy atom. The summed E-state index contributed by atoms with van der Waals surface area (Å²) >= 11 is 0. The summed E-state index contributed by atoms with van der Waals surface area (Å²) in [6.45, 7) is 8.12. The molecule has 8 rings (SSSR count). The maximum atomic E-state index is 6.03. The Kier molecular flexibility index (Phi) is 13.5. The van der Waals surface area contributed by atoms with E-state index in [-0.39, 0.29) is 5.41 Å². The van der Waals surface area contributed by atoms with E-state index in [4.69, 9.17) is 51.4 Å². The van der Waals surface area contributed by atoms with Gasteiger partial charge in [0.2, 0.25) is 5.79 Å². The number of hydrogen-bond acceptors (Lipinski definition) is 10. The van der Waals surface area contributed by atoms with Crippen LogP contribution in [0.2, 0.25) is 0 Å². The van der Waals surface area contributed by atoms with Crippen LogP contribution in [0, 0.1) is 0 Å². The van der Waals surface area contributed by atoms with Crippen molar-refractivity contribution in [2.45, 2.75) is 38.9 Å². The van der Waals surface area contributed by atoms with Gasteiger partial charge < -0.3 is 51.4 Å². The van der Waals surface area contributed by atoms with Crippen LogP contribution in [-0.2, 0) is 5.41 Å². The lowest BCUT2D eigenvalue weighted by atomic mass is 9.78. The van der Waals surface area contributed by atoms with Crippen molar-refractivity contribution >= 4 is 22.7 Å². The van der Waals surface area contributed by atoms with E-state index in [0.717, 1.165) is 23.0 Å². The van der Waals surface area contributed by atoms with E-state index in [0.29, 0.717) is 57.2 Å². The van der Waals surface area contributed by atoms with Gasteiger partial charge in [-0.3, -0.25) is 0 Å². The summed E-state index contributed by atoms with van der Waals surface area (Å²) in [7, 11) is 0. The first-order valence-electron chi connectivity index (χ1n) is 20.7.